The molecule has 12 aromatic carbocycles. The van der Waals surface area contributed by atoms with Crippen LogP contribution in [-0.4, -0.2) is 51.5 Å². The van der Waals surface area contributed by atoms with Gasteiger partial charge in [-0.05, 0) is 210 Å². The first-order valence-electron chi connectivity index (χ1n) is 33.9. The molecule has 2 fully saturated rings. The van der Waals surface area contributed by atoms with Crippen LogP contribution in [0.3, 0.4) is 0 Å². The minimum Gasteiger partial charge on any atom is -0.399 e. The van der Waals surface area contributed by atoms with Crippen LogP contribution >= 0.6 is 15.9 Å². The van der Waals surface area contributed by atoms with Gasteiger partial charge in [0.1, 0.15) is 0 Å². The second-order valence-corrected chi connectivity index (χ2v) is 29.4. The Balaban J connectivity index is 0.000000110. The SMILES string of the molecule is C1CCOC1.CC1(C)OB(c2ccc(-c3cnc4ccccc4c3)nc2)OC1(C)C.CC1(C)c2ccccc2-c2c1cc1ccc3c(-c4ccc(-c5cnc6ccccc6c5)nc4)ccc4ccc2c1c43.CC1(C)c2ccccc2-c2c1cc1ccc3c(Br)ccc4ccc2c1c43. The van der Waals surface area contributed by atoms with E-state index in [2.05, 4.69) is 256 Å². The third-order valence-electron chi connectivity index (χ3n) is 21.6. The summed E-state index contributed by atoms with van der Waals surface area (Å²) in [6.45, 7) is 19.6. The third-order valence-corrected chi connectivity index (χ3v) is 22.3. The number of hydrogen-bond acceptors (Lipinski definition) is 7. The Hall–Kier alpha value is -9.74. The van der Waals surface area contributed by atoms with Gasteiger partial charge in [0.2, 0.25) is 0 Å². The summed E-state index contributed by atoms with van der Waals surface area (Å²) in [5.74, 6) is 0. The molecule has 97 heavy (non-hydrogen) atoms. The average Bonchev–Trinajstić information content (AvgIpc) is 1.46. The van der Waals surface area contributed by atoms with Gasteiger partial charge in [0, 0.05) is 86.2 Å². The molecule has 0 radical (unpaired) electrons. The molecular weight excluding hydrogens is 1250 g/mol. The molecule has 20 rings (SSSR count). The second kappa shape index (κ2) is 23.2. The number of halogens is 1. The van der Waals surface area contributed by atoms with Crippen molar-refractivity contribution in [1.29, 1.82) is 0 Å². The number of benzene rings is 12. The Bertz CT molecular complexity index is 5760. The first-order chi connectivity index (χ1) is 47.0. The van der Waals surface area contributed by atoms with Crippen molar-refractivity contribution >= 4 is 115 Å². The maximum Gasteiger partial charge on any atom is 0.496 e. The standard InChI is InChI=1S/C39H26N2.C25H17Br.C20H21BN2O2.C4H8O/c1-39(2)32-9-5-4-8-30(32)38-31-17-12-23-11-15-28(29-16-13-25(20-33(38)39)37(31)36(23)29)26-14-18-35(40-21-26)27-19-24-7-3-6-10-34(24)41-22-27;1-25(2)19-6-4-3-5-16(19)24-18-11-7-14-9-12-21(26)17-10-8-15(13-20(24)25)23(18)22(14)17;1-19(2)20(3,4)25-21(24-19)16-9-10-18(23-13-16)15-11-14-7-5-6-8-17(14)22-12-15;1-2-4-5-3-1/h3-22H,1-2H3;3-13H,1-2H3;5-13H,1-4H3;1-4H2. The maximum atomic E-state index is 6.08. The first-order valence-corrected chi connectivity index (χ1v) is 34.7. The van der Waals surface area contributed by atoms with Crippen molar-refractivity contribution < 1.29 is 14.0 Å². The molecule has 0 atom stereocenters. The lowest BCUT2D eigenvalue weighted by molar-refractivity contribution is 0.00578. The third kappa shape index (κ3) is 10.1. The van der Waals surface area contributed by atoms with Gasteiger partial charge >= 0.3 is 7.12 Å². The number of aromatic nitrogens is 4. The fraction of sp³-hybridized carbons (Fsp3) is 0.182. The highest BCUT2D eigenvalue weighted by molar-refractivity contribution is 9.10. The maximum absolute atomic E-state index is 6.08. The van der Waals surface area contributed by atoms with Crippen LogP contribution in [0.1, 0.15) is 90.5 Å². The van der Waals surface area contributed by atoms with Gasteiger partial charge < -0.3 is 14.0 Å². The minimum atomic E-state index is -0.388. The van der Waals surface area contributed by atoms with Gasteiger partial charge in [0.15, 0.2) is 0 Å². The summed E-state index contributed by atoms with van der Waals surface area (Å²) >= 11 is 3.75. The number of pyridine rings is 4. The van der Waals surface area contributed by atoms with Crippen LogP contribution in [0, 0.1) is 0 Å². The highest BCUT2D eigenvalue weighted by Gasteiger charge is 2.52. The van der Waals surface area contributed by atoms with Crippen LogP contribution < -0.4 is 5.46 Å². The molecule has 2 aliphatic carbocycles. The Kier molecular flexibility index (Phi) is 14.6. The van der Waals surface area contributed by atoms with E-state index in [0.717, 1.165) is 68.6 Å². The summed E-state index contributed by atoms with van der Waals surface area (Å²) in [6, 6.07) is 78.9. The van der Waals surface area contributed by atoms with Crippen LogP contribution in [-0.2, 0) is 24.9 Å². The fourth-order valence-electron chi connectivity index (χ4n) is 15.7. The van der Waals surface area contributed by atoms with E-state index in [1.165, 1.54) is 132 Å². The van der Waals surface area contributed by atoms with Crippen molar-refractivity contribution in [2.75, 3.05) is 13.2 Å². The summed E-state index contributed by atoms with van der Waals surface area (Å²) in [6.07, 6.45) is 10.2. The van der Waals surface area contributed by atoms with Crippen molar-refractivity contribution in [2.24, 2.45) is 0 Å². The molecule has 0 amide bonds. The zero-order valence-corrected chi connectivity index (χ0v) is 57.5. The Morgan fingerprint density at radius 1 is 0.351 bits per heavy atom. The van der Waals surface area contributed by atoms with Gasteiger partial charge in [-0.1, -0.05) is 207 Å². The van der Waals surface area contributed by atoms with E-state index in [9.17, 15) is 0 Å². The van der Waals surface area contributed by atoms with Gasteiger partial charge in [-0.3, -0.25) is 19.9 Å². The van der Waals surface area contributed by atoms with E-state index in [0.29, 0.717) is 0 Å². The lowest BCUT2D eigenvalue weighted by Crippen LogP contribution is -2.41. The Morgan fingerprint density at radius 3 is 1.31 bits per heavy atom. The number of ether oxygens (including phenoxy) is 1. The minimum absolute atomic E-state index is 0.0183. The van der Waals surface area contributed by atoms with Crippen LogP contribution in [0.15, 0.2) is 248 Å². The molecule has 2 saturated heterocycles. The fourth-order valence-corrected chi connectivity index (χ4v) is 16.1. The molecule has 2 aliphatic heterocycles. The van der Waals surface area contributed by atoms with Gasteiger partial charge in [0.25, 0.3) is 0 Å². The molecule has 7 nitrogen and oxygen atoms in total. The van der Waals surface area contributed by atoms with Crippen molar-refractivity contribution in [1.82, 2.24) is 19.9 Å². The van der Waals surface area contributed by atoms with Crippen LogP contribution in [0.4, 0.5) is 0 Å². The van der Waals surface area contributed by atoms with Gasteiger partial charge in [-0.2, -0.15) is 0 Å². The molecule has 6 heterocycles. The monoisotopic (exact) mass is 1320 g/mol. The molecule has 0 N–H and O–H groups in total. The van der Waals surface area contributed by atoms with Crippen molar-refractivity contribution in [3.63, 3.8) is 0 Å². The molecule has 0 spiro atoms. The normalized spacial score (nSPS) is 15.9. The summed E-state index contributed by atoms with van der Waals surface area (Å²) in [4.78, 5) is 18.6. The molecule has 0 bridgehead atoms. The zero-order valence-electron chi connectivity index (χ0n) is 55.9. The molecular formula is C88H72BBrN4O3. The quantitative estimate of drug-likeness (QED) is 0.128. The van der Waals surface area contributed by atoms with Crippen molar-refractivity contribution in [2.45, 2.75) is 90.3 Å². The number of para-hydroxylation sites is 2. The molecule has 4 aliphatic rings. The summed E-state index contributed by atoms with van der Waals surface area (Å²) in [7, 11) is -0.388. The number of fused-ring (bicyclic) bond motifs is 10. The van der Waals surface area contributed by atoms with Crippen LogP contribution in [0.25, 0.3) is 142 Å². The summed E-state index contributed by atoms with van der Waals surface area (Å²) in [5.41, 5.74) is 19.7. The smallest absolute Gasteiger partial charge is 0.399 e. The van der Waals surface area contributed by atoms with Crippen molar-refractivity contribution in [3.8, 4) is 55.9 Å². The van der Waals surface area contributed by atoms with Gasteiger partial charge in [0.05, 0.1) is 33.6 Å². The lowest BCUT2D eigenvalue weighted by Gasteiger charge is -2.32. The average molecular weight is 1320 g/mol. The number of nitrogens with zero attached hydrogens (tertiary/aromatic N) is 4. The first kappa shape index (κ1) is 60.9. The second-order valence-electron chi connectivity index (χ2n) is 28.6. The number of hydrogen-bond donors (Lipinski definition) is 0. The molecule has 0 saturated carbocycles. The molecule has 4 aromatic heterocycles. The van der Waals surface area contributed by atoms with E-state index < -0.39 is 0 Å². The lowest BCUT2D eigenvalue weighted by atomic mass is 9.80. The highest BCUT2D eigenvalue weighted by atomic mass is 79.9. The van der Waals surface area contributed by atoms with Crippen LogP contribution in [0.2, 0.25) is 0 Å². The molecule has 9 heteroatoms. The summed E-state index contributed by atoms with van der Waals surface area (Å²) in [5, 5.41) is 18.2. The predicted molar refractivity (Wildman–Crippen MR) is 408 cm³/mol. The Morgan fingerprint density at radius 2 is 0.794 bits per heavy atom. The van der Waals surface area contributed by atoms with E-state index in [-0.39, 0.29) is 29.2 Å². The van der Waals surface area contributed by atoms with Gasteiger partial charge in [-0.25, -0.2) is 0 Å². The van der Waals surface area contributed by atoms with E-state index >= 15 is 0 Å². The van der Waals surface area contributed by atoms with E-state index in [1.54, 1.807) is 0 Å². The number of rotatable bonds is 4. The zero-order chi connectivity index (χ0) is 66.1. The van der Waals surface area contributed by atoms with E-state index in [4.69, 9.17) is 19.0 Å². The van der Waals surface area contributed by atoms with Crippen molar-refractivity contribution in [3.05, 3.63) is 270 Å². The summed E-state index contributed by atoms with van der Waals surface area (Å²) < 4.78 is 18.3. The van der Waals surface area contributed by atoms with E-state index in [1.807, 2.05) is 73.3 Å². The highest BCUT2D eigenvalue weighted by Crippen LogP contribution is 2.56. The molecule has 0 unspecified atom stereocenters. The molecule has 16 aromatic rings. The Labute approximate surface area is 574 Å². The largest absolute Gasteiger partial charge is 0.496 e. The molecule has 472 valence electrons. The predicted octanol–water partition coefficient (Wildman–Crippen LogP) is 22.2. The topological polar surface area (TPSA) is 79.2 Å². The van der Waals surface area contributed by atoms with Crippen LogP contribution in [0.5, 0.6) is 0 Å². The van der Waals surface area contributed by atoms with Gasteiger partial charge in [-0.15, -0.1) is 0 Å².